The highest BCUT2D eigenvalue weighted by Crippen LogP contribution is 2.31. The van der Waals surface area contributed by atoms with Crippen LogP contribution in [0.2, 0.25) is 0 Å². The van der Waals surface area contributed by atoms with Crippen molar-refractivity contribution in [3.63, 3.8) is 0 Å². The van der Waals surface area contributed by atoms with E-state index >= 15 is 0 Å². The summed E-state index contributed by atoms with van der Waals surface area (Å²) < 4.78 is 33.2. The fourth-order valence-corrected chi connectivity index (χ4v) is 4.59. The van der Waals surface area contributed by atoms with Gasteiger partial charge < -0.3 is 79.7 Å². The molecule has 17 heteroatoms. The number of hydrogen-bond acceptors (Lipinski definition) is 16. The van der Waals surface area contributed by atoms with Crippen LogP contribution >= 0.6 is 0 Å². The number of hydrogen-bond donors (Lipinski definition) is 10. The third-order valence-electron chi connectivity index (χ3n) is 6.72. The Morgan fingerprint density at radius 1 is 0.737 bits per heavy atom. The van der Waals surface area contributed by atoms with Crippen molar-refractivity contribution in [2.45, 2.75) is 99.0 Å². The molecule has 0 aromatic carbocycles. The van der Waals surface area contributed by atoms with Crippen molar-refractivity contribution in [3.8, 4) is 0 Å². The number of carbonyl (C=O) groups is 1. The zero-order valence-corrected chi connectivity index (χ0v) is 20.7. The first-order valence-electron chi connectivity index (χ1n) is 12.0. The Kier molecular flexibility index (Phi) is 11.1. The molecule has 222 valence electrons. The molecular weight excluding hydrogens is 522 g/mol. The Bertz CT molecular complexity index is 763. The lowest BCUT2D eigenvalue weighted by Crippen LogP contribution is -2.68. The Morgan fingerprint density at radius 2 is 1.32 bits per heavy atom. The Balaban J connectivity index is 1.84. The van der Waals surface area contributed by atoms with E-state index in [-0.39, 0.29) is 0 Å². The largest absolute Gasteiger partial charge is 0.394 e. The lowest BCUT2D eigenvalue weighted by molar-refractivity contribution is -0.364. The summed E-state index contributed by atoms with van der Waals surface area (Å²) in [4.78, 5) is 11.8. The van der Waals surface area contributed by atoms with Gasteiger partial charge in [-0.3, -0.25) is 4.79 Å². The van der Waals surface area contributed by atoms with Crippen molar-refractivity contribution in [2.24, 2.45) is 0 Å². The average molecular weight is 560 g/mol. The first kappa shape index (κ1) is 31.4. The topological polar surface area (TPSA) is 267 Å². The van der Waals surface area contributed by atoms with Gasteiger partial charge in [-0.15, -0.1) is 0 Å². The molecule has 0 aliphatic carbocycles. The lowest BCUT2D eigenvalue weighted by Gasteiger charge is -2.48. The monoisotopic (exact) mass is 559 g/mol. The van der Waals surface area contributed by atoms with Gasteiger partial charge in [0.05, 0.1) is 19.8 Å². The number of amides is 1. The molecule has 0 saturated carbocycles. The van der Waals surface area contributed by atoms with Gasteiger partial charge in [0.15, 0.2) is 18.9 Å². The molecule has 3 rings (SSSR count). The molecule has 0 bridgehead atoms. The molecule has 0 unspecified atom stereocenters. The standard InChI is InChI=1S/C21H37NO16/c1-6(25)22-10-14(29)11(26)7(3-23)36-20(10)38-18-17(33-2)13(28)8(4-24)37-21(18)34-5-9-12(27)15(30)16(31)19(32)35-9/h7-21,23-24,26-32H,3-5H2,1-2H3,(H,22,25)/t7-,8-,9-,10-,11-,12-,13-,14-,15+,16-,17+,18+,19-,20+,21+/m1/s1. The second-order valence-corrected chi connectivity index (χ2v) is 9.32. The number of ether oxygens (including phenoxy) is 6. The van der Waals surface area contributed by atoms with Crippen molar-refractivity contribution in [3.05, 3.63) is 0 Å². The lowest BCUT2D eigenvalue weighted by atomic mass is 9.95. The minimum absolute atomic E-state index is 0.557. The molecule has 0 spiro atoms. The number of rotatable bonds is 9. The van der Waals surface area contributed by atoms with Crippen molar-refractivity contribution >= 4 is 5.91 Å². The van der Waals surface area contributed by atoms with Gasteiger partial charge in [-0.2, -0.15) is 0 Å². The number of aliphatic hydroxyl groups excluding tert-OH is 9. The van der Waals surface area contributed by atoms with Crippen LogP contribution < -0.4 is 5.32 Å². The maximum Gasteiger partial charge on any atom is 0.217 e. The molecule has 3 fully saturated rings. The van der Waals surface area contributed by atoms with Gasteiger partial charge in [0.25, 0.3) is 0 Å². The zero-order chi connectivity index (χ0) is 28.3. The Labute approximate surface area is 217 Å². The highest BCUT2D eigenvalue weighted by molar-refractivity contribution is 5.73. The van der Waals surface area contributed by atoms with Gasteiger partial charge in [0.2, 0.25) is 5.91 Å². The van der Waals surface area contributed by atoms with Crippen LogP contribution in [0.15, 0.2) is 0 Å². The maximum absolute atomic E-state index is 11.8. The van der Waals surface area contributed by atoms with Gasteiger partial charge in [-0.1, -0.05) is 0 Å². The van der Waals surface area contributed by atoms with Crippen LogP contribution in [0.1, 0.15) is 6.92 Å². The van der Waals surface area contributed by atoms with E-state index in [1.807, 2.05) is 0 Å². The van der Waals surface area contributed by atoms with E-state index in [1.54, 1.807) is 0 Å². The van der Waals surface area contributed by atoms with Crippen molar-refractivity contribution < 1.29 is 79.2 Å². The second-order valence-electron chi connectivity index (χ2n) is 9.32. The van der Waals surface area contributed by atoms with E-state index in [2.05, 4.69) is 5.32 Å². The van der Waals surface area contributed by atoms with E-state index in [4.69, 9.17) is 28.4 Å². The SMILES string of the molecule is CO[C@H]1[C@H](O)[C@@H](CO)O[C@H](OC[C@H]2O[C@@H](O)[C@H](O)[C@@H](O)[C@@H]2O)[C@H]1O[C@@H]1O[C@H](CO)[C@@H](O)[C@H](O)[C@H]1NC(C)=O. The van der Waals surface area contributed by atoms with Crippen LogP contribution in [0.25, 0.3) is 0 Å². The molecule has 0 radical (unpaired) electrons. The summed E-state index contributed by atoms with van der Waals surface area (Å²) in [5, 5.41) is 92.7. The van der Waals surface area contributed by atoms with E-state index in [9.17, 15) is 50.8 Å². The number of nitrogens with one attached hydrogen (secondary N) is 1. The van der Waals surface area contributed by atoms with E-state index in [1.165, 1.54) is 7.11 Å². The van der Waals surface area contributed by atoms with Crippen molar-refractivity contribution in [2.75, 3.05) is 26.9 Å². The van der Waals surface area contributed by atoms with Gasteiger partial charge in [-0.25, -0.2) is 0 Å². The molecule has 3 saturated heterocycles. The third kappa shape index (κ3) is 6.60. The van der Waals surface area contributed by atoms with Crippen LogP contribution in [0, 0.1) is 0 Å². The average Bonchev–Trinajstić information content (AvgIpc) is 2.89. The molecule has 17 nitrogen and oxygen atoms in total. The van der Waals surface area contributed by atoms with Crippen LogP contribution in [0.5, 0.6) is 0 Å². The summed E-state index contributed by atoms with van der Waals surface area (Å²) >= 11 is 0. The summed E-state index contributed by atoms with van der Waals surface area (Å²) in [5.74, 6) is -0.611. The van der Waals surface area contributed by atoms with E-state index in [0.29, 0.717) is 0 Å². The first-order valence-corrected chi connectivity index (χ1v) is 12.0. The van der Waals surface area contributed by atoms with Gasteiger partial charge in [0.1, 0.15) is 73.2 Å². The smallest absolute Gasteiger partial charge is 0.217 e. The molecule has 3 aliphatic heterocycles. The molecule has 0 aromatic heterocycles. The van der Waals surface area contributed by atoms with Crippen LogP contribution in [-0.4, -0.2) is 171 Å². The molecule has 38 heavy (non-hydrogen) atoms. The molecule has 10 N–H and O–H groups in total. The molecule has 1 amide bonds. The quantitative estimate of drug-likeness (QED) is 0.126. The highest BCUT2D eigenvalue weighted by atomic mass is 16.8. The zero-order valence-electron chi connectivity index (χ0n) is 20.7. The predicted molar refractivity (Wildman–Crippen MR) is 118 cm³/mol. The van der Waals surface area contributed by atoms with Crippen LogP contribution in [-0.2, 0) is 33.2 Å². The number of methoxy groups -OCH3 is 1. The number of carbonyl (C=O) groups excluding carboxylic acids is 1. The van der Waals surface area contributed by atoms with Crippen LogP contribution in [0.3, 0.4) is 0 Å². The minimum atomic E-state index is -1.84. The Morgan fingerprint density at radius 3 is 1.89 bits per heavy atom. The maximum atomic E-state index is 11.8. The summed E-state index contributed by atoms with van der Waals surface area (Å²) in [7, 11) is 1.21. The fraction of sp³-hybridized carbons (Fsp3) is 0.952. The highest BCUT2D eigenvalue weighted by Gasteiger charge is 2.52. The Hall–Kier alpha value is -1.13. The number of aliphatic hydroxyl groups is 9. The van der Waals surface area contributed by atoms with Crippen LogP contribution in [0.4, 0.5) is 0 Å². The van der Waals surface area contributed by atoms with Gasteiger partial charge >= 0.3 is 0 Å². The van der Waals surface area contributed by atoms with Gasteiger partial charge in [-0.05, 0) is 0 Å². The molecule has 0 aromatic rings. The predicted octanol–water partition coefficient (Wildman–Crippen LogP) is -6.78. The summed E-state index contributed by atoms with van der Waals surface area (Å²) in [6.07, 6.45) is -21.4. The fourth-order valence-electron chi connectivity index (χ4n) is 4.59. The first-order chi connectivity index (χ1) is 17.9. The minimum Gasteiger partial charge on any atom is -0.394 e. The molecule has 3 aliphatic rings. The summed E-state index contributed by atoms with van der Waals surface area (Å²) in [5.41, 5.74) is 0. The molecular formula is C21H37NO16. The summed E-state index contributed by atoms with van der Waals surface area (Å²) in [6, 6.07) is -1.36. The van der Waals surface area contributed by atoms with Crippen molar-refractivity contribution in [1.29, 1.82) is 0 Å². The molecule has 3 heterocycles. The normalized spacial score (nSPS) is 48.0. The molecule has 15 atom stereocenters. The second kappa shape index (κ2) is 13.5. The van der Waals surface area contributed by atoms with Crippen molar-refractivity contribution in [1.82, 2.24) is 5.32 Å². The van der Waals surface area contributed by atoms with E-state index < -0.39 is 118 Å². The van der Waals surface area contributed by atoms with E-state index in [0.717, 1.165) is 6.92 Å². The van der Waals surface area contributed by atoms with Gasteiger partial charge in [0, 0.05) is 14.0 Å². The summed E-state index contributed by atoms with van der Waals surface area (Å²) in [6.45, 7) is -0.806. The third-order valence-corrected chi connectivity index (χ3v) is 6.72.